The highest BCUT2D eigenvalue weighted by Crippen LogP contribution is 2.54. The second-order valence-corrected chi connectivity index (χ2v) is 8.74. The smallest absolute Gasteiger partial charge is 0.314 e. The third-order valence-corrected chi connectivity index (χ3v) is 6.73. The summed E-state index contributed by atoms with van der Waals surface area (Å²) >= 11 is 0. The Labute approximate surface area is 204 Å². The first-order valence-electron chi connectivity index (χ1n) is 11.0. The van der Waals surface area contributed by atoms with Gasteiger partial charge in [0.15, 0.2) is 24.5 Å². The first-order chi connectivity index (χ1) is 17.1. The highest BCUT2D eigenvalue weighted by Gasteiger charge is 2.74. The number of hydrogen-bond donors (Lipinski definition) is 6. The number of nitrogens with one attached hydrogen (secondary N) is 1. The highest BCUT2D eigenvalue weighted by molar-refractivity contribution is 5.95. The SMILES string of the molecule is COC1OC2(O)C(C(=O)O)C(OC3OC(C(=O)Nc4ccc(C=O)cc4)C(OC)C(O)C3O)C(O)C12. The molecule has 3 aliphatic rings. The number of fused-ring (bicyclic) bond motifs is 1. The Bertz CT molecular complexity index is 989. The number of carbonyl (C=O) groups excluding carboxylic acids is 2. The molecule has 14 heteroatoms. The Morgan fingerprint density at radius 2 is 1.67 bits per heavy atom. The van der Waals surface area contributed by atoms with E-state index >= 15 is 0 Å². The van der Waals surface area contributed by atoms with Crippen molar-refractivity contribution in [2.75, 3.05) is 19.5 Å². The lowest BCUT2D eigenvalue weighted by atomic mass is 9.89. The molecule has 1 aromatic rings. The number of anilines is 1. The van der Waals surface area contributed by atoms with Crippen LogP contribution in [0, 0.1) is 11.8 Å². The van der Waals surface area contributed by atoms with Crippen molar-refractivity contribution in [2.45, 2.75) is 55.0 Å². The molecule has 6 N–H and O–H groups in total. The molecule has 11 unspecified atom stereocenters. The average molecular weight is 513 g/mol. The van der Waals surface area contributed by atoms with Crippen molar-refractivity contribution in [3.8, 4) is 0 Å². The predicted octanol–water partition coefficient (Wildman–Crippen LogP) is -2.33. The van der Waals surface area contributed by atoms with E-state index in [4.69, 9.17) is 23.7 Å². The number of benzene rings is 1. The van der Waals surface area contributed by atoms with Crippen molar-refractivity contribution in [3.63, 3.8) is 0 Å². The molecular formula is C22H27NO13. The van der Waals surface area contributed by atoms with Gasteiger partial charge in [-0.25, -0.2) is 0 Å². The molecule has 1 saturated carbocycles. The van der Waals surface area contributed by atoms with Crippen LogP contribution in [0.4, 0.5) is 5.69 Å². The first-order valence-corrected chi connectivity index (χ1v) is 11.0. The minimum atomic E-state index is -2.31. The summed E-state index contributed by atoms with van der Waals surface area (Å²) in [5.74, 6) is -7.66. The fourth-order valence-corrected chi connectivity index (χ4v) is 4.89. The molecule has 1 aliphatic carbocycles. The van der Waals surface area contributed by atoms with Crippen LogP contribution in [0.1, 0.15) is 10.4 Å². The van der Waals surface area contributed by atoms with E-state index in [1.165, 1.54) is 38.5 Å². The van der Waals surface area contributed by atoms with Gasteiger partial charge in [-0.15, -0.1) is 0 Å². The quantitative estimate of drug-likeness (QED) is 0.202. The van der Waals surface area contributed by atoms with Crippen LogP contribution in [0.3, 0.4) is 0 Å². The summed E-state index contributed by atoms with van der Waals surface area (Å²) in [6.07, 6.45) is -12.0. The summed E-state index contributed by atoms with van der Waals surface area (Å²) in [4.78, 5) is 35.7. The Morgan fingerprint density at radius 3 is 2.22 bits per heavy atom. The lowest BCUT2D eigenvalue weighted by Gasteiger charge is -2.48. The van der Waals surface area contributed by atoms with E-state index in [0.717, 1.165) is 0 Å². The summed E-state index contributed by atoms with van der Waals surface area (Å²) in [7, 11) is 2.42. The molecule has 0 radical (unpaired) electrons. The highest BCUT2D eigenvalue weighted by atomic mass is 16.8. The van der Waals surface area contributed by atoms with Gasteiger partial charge in [0.1, 0.15) is 36.6 Å². The molecule has 2 saturated heterocycles. The zero-order chi connectivity index (χ0) is 26.4. The van der Waals surface area contributed by atoms with Crippen molar-refractivity contribution < 1.29 is 63.6 Å². The Kier molecular flexibility index (Phi) is 7.43. The van der Waals surface area contributed by atoms with Crippen molar-refractivity contribution in [1.82, 2.24) is 0 Å². The van der Waals surface area contributed by atoms with Gasteiger partial charge in [-0.2, -0.15) is 0 Å². The van der Waals surface area contributed by atoms with E-state index in [2.05, 4.69) is 5.32 Å². The molecule has 11 atom stereocenters. The fraction of sp³-hybridized carbons (Fsp3) is 0.591. The molecule has 36 heavy (non-hydrogen) atoms. The van der Waals surface area contributed by atoms with E-state index in [0.29, 0.717) is 17.5 Å². The maximum Gasteiger partial charge on any atom is 0.314 e. The topological polar surface area (TPSA) is 211 Å². The molecule has 2 aliphatic heterocycles. The second-order valence-electron chi connectivity index (χ2n) is 8.74. The number of hydrogen-bond acceptors (Lipinski definition) is 12. The molecule has 1 aromatic carbocycles. The summed E-state index contributed by atoms with van der Waals surface area (Å²) in [6, 6.07) is 5.84. The third-order valence-electron chi connectivity index (χ3n) is 6.73. The van der Waals surface area contributed by atoms with E-state index in [-0.39, 0.29) is 0 Å². The zero-order valence-corrected chi connectivity index (χ0v) is 19.2. The maximum absolute atomic E-state index is 13.0. The fourth-order valence-electron chi connectivity index (χ4n) is 4.89. The van der Waals surface area contributed by atoms with E-state index in [1.807, 2.05) is 0 Å². The largest absolute Gasteiger partial charge is 0.481 e. The monoisotopic (exact) mass is 513 g/mol. The Hall–Kier alpha value is -2.53. The normalized spacial score (nSPS) is 41.7. The molecule has 1 amide bonds. The number of methoxy groups -OCH3 is 2. The molecule has 3 fully saturated rings. The van der Waals surface area contributed by atoms with Gasteiger partial charge in [-0.05, 0) is 24.3 Å². The zero-order valence-electron chi connectivity index (χ0n) is 19.2. The molecule has 198 valence electrons. The van der Waals surface area contributed by atoms with Crippen LogP contribution in [-0.2, 0) is 33.3 Å². The van der Waals surface area contributed by atoms with Gasteiger partial charge in [-0.3, -0.25) is 14.4 Å². The summed E-state index contributed by atoms with van der Waals surface area (Å²) in [6.45, 7) is 0. The van der Waals surface area contributed by atoms with Gasteiger partial charge in [-0.1, -0.05) is 0 Å². The van der Waals surface area contributed by atoms with Crippen LogP contribution in [-0.4, -0.2) is 113 Å². The van der Waals surface area contributed by atoms with Crippen molar-refractivity contribution >= 4 is 23.9 Å². The predicted molar refractivity (Wildman–Crippen MR) is 114 cm³/mol. The number of carboxylic acids is 1. The number of aliphatic hydroxyl groups is 4. The maximum atomic E-state index is 13.0. The molecule has 0 bridgehead atoms. The number of aldehydes is 1. The summed E-state index contributed by atoms with van der Waals surface area (Å²) in [5, 5.41) is 54.8. The van der Waals surface area contributed by atoms with E-state index < -0.39 is 78.7 Å². The van der Waals surface area contributed by atoms with Crippen LogP contribution in [0.15, 0.2) is 24.3 Å². The first kappa shape index (κ1) is 26.5. The number of aliphatic carboxylic acids is 1. The minimum Gasteiger partial charge on any atom is -0.481 e. The molecule has 4 rings (SSSR count). The van der Waals surface area contributed by atoms with Crippen molar-refractivity contribution in [1.29, 1.82) is 0 Å². The van der Waals surface area contributed by atoms with Gasteiger partial charge in [0, 0.05) is 25.5 Å². The number of ether oxygens (including phenoxy) is 5. The molecule has 0 aromatic heterocycles. The van der Waals surface area contributed by atoms with Crippen molar-refractivity contribution in [3.05, 3.63) is 29.8 Å². The Morgan fingerprint density at radius 1 is 1.00 bits per heavy atom. The van der Waals surface area contributed by atoms with E-state index in [1.54, 1.807) is 0 Å². The van der Waals surface area contributed by atoms with Crippen LogP contribution < -0.4 is 5.32 Å². The van der Waals surface area contributed by atoms with Gasteiger partial charge in [0.05, 0.1) is 12.0 Å². The van der Waals surface area contributed by atoms with Gasteiger partial charge in [0.25, 0.3) is 5.91 Å². The number of rotatable bonds is 8. The van der Waals surface area contributed by atoms with Gasteiger partial charge < -0.3 is 54.5 Å². The van der Waals surface area contributed by atoms with Crippen LogP contribution in [0.2, 0.25) is 0 Å². The molecular weight excluding hydrogens is 486 g/mol. The summed E-state index contributed by atoms with van der Waals surface area (Å²) in [5.41, 5.74) is 0.669. The average Bonchev–Trinajstić information content (AvgIpc) is 3.00. The van der Waals surface area contributed by atoms with Crippen LogP contribution in [0.25, 0.3) is 0 Å². The molecule has 0 spiro atoms. The third kappa shape index (κ3) is 4.30. The van der Waals surface area contributed by atoms with Crippen molar-refractivity contribution in [2.24, 2.45) is 11.8 Å². The molecule has 14 nitrogen and oxygen atoms in total. The molecule has 2 heterocycles. The van der Waals surface area contributed by atoms with Gasteiger partial charge >= 0.3 is 5.97 Å². The van der Waals surface area contributed by atoms with Crippen LogP contribution in [0.5, 0.6) is 0 Å². The lowest BCUT2D eigenvalue weighted by molar-refractivity contribution is -0.430. The number of carbonyl (C=O) groups is 3. The Balaban J connectivity index is 1.54. The van der Waals surface area contributed by atoms with Gasteiger partial charge in [0.2, 0.25) is 0 Å². The number of carboxylic acid groups (broad SMARTS) is 1. The van der Waals surface area contributed by atoms with Crippen LogP contribution >= 0.6 is 0 Å². The standard InChI is InChI=1S/C22H27NO13/c1-32-16-13(26)14(27)21(35-17(16)18(28)23-9-5-3-8(7-24)4-6-9)34-15-11(19(29)30)22(31)10(12(15)25)20(33-2)36-22/h3-7,10-17,20-21,25-27,31H,1-2H3,(H,23,28)(H,29,30). The van der Waals surface area contributed by atoms with E-state index in [9.17, 15) is 39.9 Å². The minimum absolute atomic E-state index is 0.292. The lowest BCUT2D eigenvalue weighted by Crippen LogP contribution is -2.64. The second kappa shape index (κ2) is 10.1. The number of aliphatic hydroxyl groups excluding tert-OH is 3. The number of amides is 1. The summed E-state index contributed by atoms with van der Waals surface area (Å²) < 4.78 is 26.4.